The standard InChI is InChI=1S/C14H21NO3/c1-17-12-3-4-13(18-2)11(9-12)10-14(16)5-7-15-8-6-14/h3-4,9,15-16H,5-8,10H2,1-2H3. The lowest BCUT2D eigenvalue weighted by atomic mass is 9.86. The van der Waals surface area contributed by atoms with Crippen LogP contribution in [0, 0.1) is 0 Å². The van der Waals surface area contributed by atoms with E-state index in [2.05, 4.69) is 5.32 Å². The van der Waals surface area contributed by atoms with Crippen molar-refractivity contribution in [2.45, 2.75) is 24.9 Å². The van der Waals surface area contributed by atoms with E-state index < -0.39 is 5.60 Å². The second-order valence-corrected chi connectivity index (χ2v) is 4.83. The highest BCUT2D eigenvalue weighted by Crippen LogP contribution is 2.30. The average Bonchev–Trinajstić information content (AvgIpc) is 2.39. The molecule has 0 saturated carbocycles. The molecular weight excluding hydrogens is 230 g/mol. The van der Waals surface area contributed by atoms with Gasteiger partial charge < -0.3 is 19.9 Å². The molecule has 0 amide bonds. The van der Waals surface area contributed by atoms with Crippen LogP contribution in [0.4, 0.5) is 0 Å². The van der Waals surface area contributed by atoms with E-state index in [0.29, 0.717) is 6.42 Å². The number of piperidine rings is 1. The van der Waals surface area contributed by atoms with Gasteiger partial charge in [0, 0.05) is 12.0 Å². The first kappa shape index (κ1) is 13.2. The summed E-state index contributed by atoms with van der Waals surface area (Å²) < 4.78 is 10.6. The minimum atomic E-state index is -0.634. The minimum absolute atomic E-state index is 0.606. The van der Waals surface area contributed by atoms with Crippen LogP contribution < -0.4 is 14.8 Å². The summed E-state index contributed by atoms with van der Waals surface area (Å²) in [5.41, 5.74) is 0.367. The molecule has 1 fully saturated rings. The fraction of sp³-hybridized carbons (Fsp3) is 0.571. The summed E-state index contributed by atoms with van der Waals surface area (Å²) in [6.07, 6.45) is 2.15. The van der Waals surface area contributed by atoms with Crippen LogP contribution in [0.25, 0.3) is 0 Å². The van der Waals surface area contributed by atoms with Gasteiger partial charge in [0.2, 0.25) is 0 Å². The molecule has 4 heteroatoms. The van der Waals surface area contributed by atoms with E-state index >= 15 is 0 Å². The van der Waals surface area contributed by atoms with Crippen molar-refractivity contribution in [3.63, 3.8) is 0 Å². The molecule has 4 nitrogen and oxygen atoms in total. The molecule has 0 aromatic heterocycles. The number of methoxy groups -OCH3 is 2. The average molecular weight is 251 g/mol. The zero-order valence-electron chi connectivity index (χ0n) is 11.0. The van der Waals surface area contributed by atoms with Crippen LogP contribution in [0.3, 0.4) is 0 Å². The molecular formula is C14H21NO3. The summed E-state index contributed by atoms with van der Waals surface area (Å²) >= 11 is 0. The van der Waals surface area contributed by atoms with Crippen molar-refractivity contribution in [2.24, 2.45) is 0 Å². The van der Waals surface area contributed by atoms with E-state index in [1.807, 2.05) is 18.2 Å². The van der Waals surface area contributed by atoms with Gasteiger partial charge >= 0.3 is 0 Å². The smallest absolute Gasteiger partial charge is 0.122 e. The number of hydrogen-bond acceptors (Lipinski definition) is 4. The summed E-state index contributed by atoms with van der Waals surface area (Å²) in [6, 6.07) is 5.70. The van der Waals surface area contributed by atoms with Crippen molar-refractivity contribution in [1.29, 1.82) is 0 Å². The SMILES string of the molecule is COc1ccc(OC)c(CC2(O)CCNCC2)c1. The van der Waals surface area contributed by atoms with Crippen molar-refractivity contribution >= 4 is 0 Å². The van der Waals surface area contributed by atoms with E-state index in [4.69, 9.17) is 9.47 Å². The van der Waals surface area contributed by atoms with Crippen LogP contribution in [-0.2, 0) is 6.42 Å². The zero-order valence-corrected chi connectivity index (χ0v) is 11.0. The Morgan fingerprint density at radius 2 is 1.94 bits per heavy atom. The van der Waals surface area contributed by atoms with Gasteiger partial charge in [-0.25, -0.2) is 0 Å². The summed E-state index contributed by atoms with van der Waals surface area (Å²) in [5, 5.41) is 13.8. The largest absolute Gasteiger partial charge is 0.497 e. The van der Waals surface area contributed by atoms with E-state index in [-0.39, 0.29) is 0 Å². The van der Waals surface area contributed by atoms with Gasteiger partial charge in [-0.1, -0.05) is 0 Å². The molecule has 0 unspecified atom stereocenters. The lowest BCUT2D eigenvalue weighted by Crippen LogP contribution is -2.43. The first-order valence-electron chi connectivity index (χ1n) is 6.31. The molecule has 1 saturated heterocycles. The van der Waals surface area contributed by atoms with Gasteiger partial charge in [0.25, 0.3) is 0 Å². The highest BCUT2D eigenvalue weighted by atomic mass is 16.5. The Labute approximate surface area is 108 Å². The molecule has 0 aliphatic carbocycles. The number of ether oxygens (including phenoxy) is 2. The predicted molar refractivity (Wildman–Crippen MR) is 70.3 cm³/mol. The third kappa shape index (κ3) is 2.94. The molecule has 1 heterocycles. The van der Waals surface area contributed by atoms with Gasteiger partial charge in [0.05, 0.1) is 19.8 Å². The maximum Gasteiger partial charge on any atom is 0.122 e. The fourth-order valence-electron chi connectivity index (χ4n) is 2.44. The van der Waals surface area contributed by atoms with Crippen molar-refractivity contribution in [3.05, 3.63) is 23.8 Å². The molecule has 2 N–H and O–H groups in total. The normalized spacial score (nSPS) is 18.4. The quantitative estimate of drug-likeness (QED) is 0.848. The molecule has 100 valence electrons. The zero-order chi connectivity index (χ0) is 13.0. The first-order valence-corrected chi connectivity index (χ1v) is 6.31. The molecule has 1 aromatic rings. The van der Waals surface area contributed by atoms with Crippen molar-refractivity contribution in [1.82, 2.24) is 5.32 Å². The van der Waals surface area contributed by atoms with Gasteiger partial charge in [-0.3, -0.25) is 0 Å². The van der Waals surface area contributed by atoms with Crippen LogP contribution in [0.1, 0.15) is 18.4 Å². The Morgan fingerprint density at radius 1 is 1.22 bits per heavy atom. The molecule has 0 radical (unpaired) electrons. The van der Waals surface area contributed by atoms with Gasteiger partial charge in [-0.05, 0) is 44.1 Å². The monoisotopic (exact) mass is 251 g/mol. The Hall–Kier alpha value is -1.26. The van der Waals surface area contributed by atoms with Gasteiger partial charge in [0.1, 0.15) is 11.5 Å². The Balaban J connectivity index is 2.20. The van der Waals surface area contributed by atoms with Gasteiger partial charge in [-0.15, -0.1) is 0 Å². The maximum absolute atomic E-state index is 10.6. The lowest BCUT2D eigenvalue weighted by molar-refractivity contribution is 0.0104. The molecule has 1 aromatic carbocycles. The van der Waals surface area contributed by atoms with Crippen molar-refractivity contribution < 1.29 is 14.6 Å². The Bertz CT molecular complexity index is 400. The maximum atomic E-state index is 10.6. The predicted octanol–water partition coefficient (Wildman–Crippen LogP) is 1.36. The topological polar surface area (TPSA) is 50.7 Å². The van der Waals surface area contributed by atoms with E-state index in [0.717, 1.165) is 43.0 Å². The third-order valence-corrected chi connectivity index (χ3v) is 3.54. The molecule has 0 bridgehead atoms. The summed E-state index contributed by atoms with van der Waals surface area (Å²) in [7, 11) is 3.29. The number of benzene rings is 1. The third-order valence-electron chi connectivity index (χ3n) is 3.54. The number of aliphatic hydroxyl groups is 1. The van der Waals surface area contributed by atoms with Crippen LogP contribution in [-0.4, -0.2) is 38.0 Å². The molecule has 2 rings (SSSR count). The molecule has 0 spiro atoms. The van der Waals surface area contributed by atoms with Crippen LogP contribution >= 0.6 is 0 Å². The molecule has 1 aliphatic rings. The number of rotatable bonds is 4. The molecule has 18 heavy (non-hydrogen) atoms. The van der Waals surface area contributed by atoms with Gasteiger partial charge in [0.15, 0.2) is 0 Å². The van der Waals surface area contributed by atoms with Crippen LogP contribution in [0.2, 0.25) is 0 Å². The Kier molecular flexibility index (Phi) is 4.09. The highest BCUT2D eigenvalue weighted by Gasteiger charge is 2.30. The van der Waals surface area contributed by atoms with E-state index in [1.54, 1.807) is 14.2 Å². The highest BCUT2D eigenvalue weighted by molar-refractivity contribution is 5.41. The summed E-state index contributed by atoms with van der Waals surface area (Å²) in [4.78, 5) is 0. The van der Waals surface area contributed by atoms with Crippen molar-refractivity contribution in [3.8, 4) is 11.5 Å². The number of hydrogen-bond donors (Lipinski definition) is 2. The molecule has 1 aliphatic heterocycles. The second kappa shape index (κ2) is 5.59. The minimum Gasteiger partial charge on any atom is -0.497 e. The van der Waals surface area contributed by atoms with E-state index in [1.165, 1.54) is 0 Å². The fourth-order valence-corrected chi connectivity index (χ4v) is 2.44. The molecule has 0 atom stereocenters. The first-order chi connectivity index (χ1) is 8.67. The Morgan fingerprint density at radius 3 is 2.56 bits per heavy atom. The number of nitrogens with one attached hydrogen (secondary N) is 1. The van der Waals surface area contributed by atoms with E-state index in [9.17, 15) is 5.11 Å². The van der Waals surface area contributed by atoms with Crippen LogP contribution in [0.5, 0.6) is 11.5 Å². The second-order valence-electron chi connectivity index (χ2n) is 4.83. The summed E-state index contributed by atoms with van der Waals surface area (Å²) in [5.74, 6) is 1.60. The summed E-state index contributed by atoms with van der Waals surface area (Å²) in [6.45, 7) is 1.73. The lowest BCUT2D eigenvalue weighted by Gasteiger charge is -2.33. The van der Waals surface area contributed by atoms with Crippen molar-refractivity contribution in [2.75, 3.05) is 27.3 Å². The van der Waals surface area contributed by atoms with Crippen LogP contribution in [0.15, 0.2) is 18.2 Å². The van der Waals surface area contributed by atoms with Gasteiger partial charge in [-0.2, -0.15) is 0 Å².